The van der Waals surface area contributed by atoms with E-state index in [4.69, 9.17) is 5.11 Å². The van der Waals surface area contributed by atoms with Crippen molar-refractivity contribution in [3.8, 4) is 5.75 Å². The van der Waals surface area contributed by atoms with Crippen LogP contribution in [0.25, 0.3) is 0 Å². The molecule has 0 saturated heterocycles. The van der Waals surface area contributed by atoms with Gasteiger partial charge in [0.15, 0.2) is 0 Å². The van der Waals surface area contributed by atoms with E-state index in [2.05, 4.69) is 10.1 Å². The maximum Gasteiger partial charge on any atom is 0.573 e. The fourth-order valence-electron chi connectivity index (χ4n) is 2.13. The van der Waals surface area contributed by atoms with E-state index in [0.717, 1.165) is 5.56 Å². The lowest BCUT2D eigenvalue weighted by atomic mass is 10.1. The Morgan fingerprint density at radius 3 is 2.58 bits per heavy atom. The zero-order valence-corrected chi connectivity index (χ0v) is 12.9. The fraction of sp³-hybridized carbons (Fsp3) is 0.235. The molecule has 0 saturated carbocycles. The molecule has 0 spiro atoms. The number of halogens is 3. The third-order valence-electron chi connectivity index (χ3n) is 3.26. The van der Waals surface area contributed by atoms with Crippen molar-refractivity contribution in [3.63, 3.8) is 0 Å². The minimum absolute atomic E-state index is 0.0994. The van der Waals surface area contributed by atoms with Crippen molar-refractivity contribution < 1.29 is 27.8 Å². The first-order valence-corrected chi connectivity index (χ1v) is 7.12. The molecule has 0 atom stereocenters. The van der Waals surface area contributed by atoms with Gasteiger partial charge in [-0.1, -0.05) is 24.3 Å². The van der Waals surface area contributed by atoms with E-state index in [1.165, 1.54) is 18.2 Å². The number of hydrogen-bond acceptors (Lipinski definition) is 3. The first kappa shape index (κ1) is 17.8. The van der Waals surface area contributed by atoms with Gasteiger partial charge in [-0.25, -0.2) is 0 Å². The summed E-state index contributed by atoms with van der Waals surface area (Å²) in [6, 6.07) is 10.4. The van der Waals surface area contributed by atoms with Crippen LogP contribution in [0.4, 0.5) is 18.9 Å². The number of alkyl halides is 3. The highest BCUT2D eigenvalue weighted by Gasteiger charge is 2.31. The molecule has 0 aliphatic carbocycles. The highest BCUT2D eigenvalue weighted by atomic mass is 19.4. The lowest BCUT2D eigenvalue weighted by Crippen LogP contribution is -2.18. The van der Waals surface area contributed by atoms with Crippen LogP contribution >= 0.6 is 0 Å². The molecule has 0 unspecified atom stereocenters. The van der Waals surface area contributed by atoms with Crippen LogP contribution in [-0.4, -0.2) is 17.4 Å². The number of aliphatic hydroxyl groups excluding tert-OH is 1. The average Bonchev–Trinajstić information content (AvgIpc) is 2.48. The molecule has 0 bridgehead atoms. The van der Waals surface area contributed by atoms with Crippen LogP contribution in [0.15, 0.2) is 42.5 Å². The molecule has 2 N–H and O–H groups in total. The van der Waals surface area contributed by atoms with Gasteiger partial charge in [-0.2, -0.15) is 0 Å². The Bertz CT molecular complexity index is 729. The molecule has 0 radical (unpaired) electrons. The number of carbonyl (C=O) groups is 1. The van der Waals surface area contributed by atoms with Crippen molar-refractivity contribution in [1.29, 1.82) is 0 Å². The summed E-state index contributed by atoms with van der Waals surface area (Å²) < 4.78 is 40.5. The number of carbonyl (C=O) groups excluding carboxylic acids is 1. The third-order valence-corrected chi connectivity index (χ3v) is 3.26. The minimum atomic E-state index is -4.78. The highest BCUT2D eigenvalue weighted by molar-refractivity contribution is 5.93. The summed E-state index contributed by atoms with van der Waals surface area (Å²) in [5, 5.41) is 11.8. The molecule has 0 fully saturated rings. The Morgan fingerprint density at radius 1 is 1.17 bits per heavy atom. The highest BCUT2D eigenvalue weighted by Crippen LogP contribution is 2.24. The summed E-state index contributed by atoms with van der Waals surface area (Å²) in [6.45, 7) is 1.65. The Balaban J connectivity index is 2.06. The number of rotatable bonds is 5. The standard InChI is InChI=1S/C17H16F3NO3/c1-11-5-6-13(10-22)8-15(11)21-16(23)9-12-3-2-4-14(7-12)24-17(18,19)20/h2-8,22H,9-10H2,1H3,(H,21,23). The molecule has 128 valence electrons. The Morgan fingerprint density at radius 2 is 1.92 bits per heavy atom. The predicted molar refractivity (Wildman–Crippen MR) is 82.6 cm³/mol. The number of ether oxygens (including phenoxy) is 1. The number of aliphatic hydroxyl groups is 1. The van der Waals surface area contributed by atoms with Gasteiger partial charge in [0, 0.05) is 5.69 Å². The molecule has 7 heteroatoms. The van der Waals surface area contributed by atoms with Crippen LogP contribution in [0.2, 0.25) is 0 Å². The van der Waals surface area contributed by atoms with E-state index >= 15 is 0 Å². The molecule has 2 aromatic carbocycles. The Labute approximate surface area is 136 Å². The van der Waals surface area contributed by atoms with Gasteiger partial charge in [-0.3, -0.25) is 4.79 Å². The second-order valence-corrected chi connectivity index (χ2v) is 5.23. The van der Waals surface area contributed by atoms with Gasteiger partial charge in [0.25, 0.3) is 0 Å². The molecular formula is C17H16F3NO3. The van der Waals surface area contributed by atoms with Crippen LogP contribution in [0.1, 0.15) is 16.7 Å². The number of aryl methyl sites for hydroxylation is 1. The van der Waals surface area contributed by atoms with Crippen LogP contribution in [-0.2, 0) is 17.8 Å². The molecule has 24 heavy (non-hydrogen) atoms. The minimum Gasteiger partial charge on any atom is -0.406 e. The molecule has 0 aliphatic heterocycles. The van der Waals surface area contributed by atoms with Crippen LogP contribution in [0.3, 0.4) is 0 Å². The van der Waals surface area contributed by atoms with E-state index in [0.29, 0.717) is 16.8 Å². The monoisotopic (exact) mass is 339 g/mol. The normalized spacial score (nSPS) is 11.2. The number of benzene rings is 2. The third kappa shape index (κ3) is 5.27. The topological polar surface area (TPSA) is 58.6 Å². The van der Waals surface area contributed by atoms with Gasteiger partial charge in [0.05, 0.1) is 13.0 Å². The molecule has 0 aromatic heterocycles. The van der Waals surface area contributed by atoms with E-state index in [1.807, 2.05) is 0 Å². The van der Waals surface area contributed by atoms with Crippen molar-refractivity contribution in [2.24, 2.45) is 0 Å². The molecule has 1 amide bonds. The van der Waals surface area contributed by atoms with Crippen LogP contribution < -0.4 is 10.1 Å². The molecule has 0 aliphatic rings. The summed E-state index contributed by atoms with van der Waals surface area (Å²) in [6.07, 6.45) is -4.87. The maximum atomic E-state index is 12.2. The van der Waals surface area contributed by atoms with Crippen molar-refractivity contribution in [2.45, 2.75) is 26.3 Å². The second kappa shape index (κ2) is 7.35. The van der Waals surface area contributed by atoms with Gasteiger partial charge >= 0.3 is 6.36 Å². The molecule has 4 nitrogen and oxygen atoms in total. The number of nitrogens with one attached hydrogen (secondary N) is 1. The predicted octanol–water partition coefficient (Wildman–Crippen LogP) is 3.57. The summed E-state index contributed by atoms with van der Waals surface area (Å²) in [4.78, 5) is 12.1. The largest absolute Gasteiger partial charge is 0.573 e. The first-order chi connectivity index (χ1) is 11.3. The van der Waals surface area contributed by atoms with E-state index in [-0.39, 0.29) is 24.7 Å². The Kier molecular flexibility index (Phi) is 5.46. The van der Waals surface area contributed by atoms with Gasteiger partial charge in [-0.05, 0) is 41.8 Å². The second-order valence-electron chi connectivity index (χ2n) is 5.23. The molecule has 2 aromatic rings. The maximum absolute atomic E-state index is 12.2. The quantitative estimate of drug-likeness (QED) is 0.876. The number of hydrogen-bond donors (Lipinski definition) is 2. The van der Waals surface area contributed by atoms with E-state index in [1.54, 1.807) is 31.2 Å². The summed E-state index contributed by atoms with van der Waals surface area (Å²) in [5.41, 5.74) is 2.41. The number of amides is 1. The summed E-state index contributed by atoms with van der Waals surface area (Å²) in [7, 11) is 0. The van der Waals surface area contributed by atoms with Gasteiger partial charge < -0.3 is 15.2 Å². The summed E-state index contributed by atoms with van der Waals surface area (Å²) in [5.74, 6) is -0.747. The van der Waals surface area contributed by atoms with E-state index < -0.39 is 6.36 Å². The van der Waals surface area contributed by atoms with Gasteiger partial charge in [0.2, 0.25) is 5.91 Å². The first-order valence-electron chi connectivity index (χ1n) is 7.12. The molecule has 0 heterocycles. The molecular weight excluding hydrogens is 323 g/mol. The van der Waals surface area contributed by atoms with E-state index in [9.17, 15) is 18.0 Å². The number of anilines is 1. The summed E-state index contributed by atoms with van der Waals surface area (Å²) >= 11 is 0. The fourth-order valence-corrected chi connectivity index (χ4v) is 2.13. The zero-order chi connectivity index (χ0) is 17.7. The smallest absolute Gasteiger partial charge is 0.406 e. The van der Waals surface area contributed by atoms with Gasteiger partial charge in [0.1, 0.15) is 5.75 Å². The van der Waals surface area contributed by atoms with Crippen LogP contribution in [0, 0.1) is 6.92 Å². The zero-order valence-electron chi connectivity index (χ0n) is 12.9. The van der Waals surface area contributed by atoms with Gasteiger partial charge in [-0.15, -0.1) is 13.2 Å². The molecule has 2 rings (SSSR count). The lowest BCUT2D eigenvalue weighted by Gasteiger charge is -2.11. The van der Waals surface area contributed by atoms with Crippen molar-refractivity contribution in [2.75, 3.05) is 5.32 Å². The van der Waals surface area contributed by atoms with Crippen molar-refractivity contribution in [3.05, 3.63) is 59.2 Å². The SMILES string of the molecule is Cc1ccc(CO)cc1NC(=O)Cc1cccc(OC(F)(F)F)c1. The Hall–Kier alpha value is -2.54. The van der Waals surface area contributed by atoms with Crippen LogP contribution in [0.5, 0.6) is 5.75 Å². The van der Waals surface area contributed by atoms with Crippen molar-refractivity contribution in [1.82, 2.24) is 0 Å². The lowest BCUT2D eigenvalue weighted by molar-refractivity contribution is -0.274. The average molecular weight is 339 g/mol. The van der Waals surface area contributed by atoms with Crippen molar-refractivity contribution >= 4 is 11.6 Å².